The standard InChI is InChI=1S/C17H14F2N2O/c18-17(19)13-6-4-12(5-7-13)10-15(22)11-14-2-1-3-16-20-8-9-21(14)16/h1-9,17H,10-11H2. The van der Waals surface area contributed by atoms with Crippen molar-refractivity contribution in [3.8, 4) is 0 Å². The normalized spacial score (nSPS) is 11.2. The van der Waals surface area contributed by atoms with E-state index in [2.05, 4.69) is 4.98 Å². The highest BCUT2D eigenvalue weighted by Gasteiger charge is 2.10. The molecule has 0 radical (unpaired) electrons. The molecule has 22 heavy (non-hydrogen) atoms. The minimum Gasteiger partial charge on any atom is -0.304 e. The van der Waals surface area contributed by atoms with Gasteiger partial charge in [0, 0.05) is 36.5 Å². The largest absolute Gasteiger partial charge is 0.304 e. The second-order valence-corrected chi connectivity index (χ2v) is 5.11. The number of nitrogens with zero attached hydrogens (tertiary/aromatic N) is 2. The van der Waals surface area contributed by atoms with E-state index in [1.807, 2.05) is 28.8 Å². The fourth-order valence-corrected chi connectivity index (χ4v) is 2.42. The first-order valence-corrected chi connectivity index (χ1v) is 6.93. The van der Waals surface area contributed by atoms with Crippen LogP contribution in [-0.2, 0) is 17.6 Å². The molecule has 0 spiro atoms. The topological polar surface area (TPSA) is 34.4 Å². The molecule has 0 aliphatic heterocycles. The van der Waals surface area contributed by atoms with Gasteiger partial charge in [0.25, 0.3) is 6.43 Å². The lowest BCUT2D eigenvalue weighted by Crippen LogP contribution is -2.09. The van der Waals surface area contributed by atoms with Crippen molar-refractivity contribution in [3.63, 3.8) is 0 Å². The van der Waals surface area contributed by atoms with Crippen molar-refractivity contribution in [1.29, 1.82) is 0 Å². The van der Waals surface area contributed by atoms with E-state index in [9.17, 15) is 13.6 Å². The summed E-state index contributed by atoms with van der Waals surface area (Å²) in [7, 11) is 0. The molecule has 3 nitrogen and oxygen atoms in total. The minimum absolute atomic E-state index is 0.0283. The maximum Gasteiger partial charge on any atom is 0.263 e. The van der Waals surface area contributed by atoms with Crippen molar-refractivity contribution in [2.45, 2.75) is 19.3 Å². The molecule has 0 amide bonds. The van der Waals surface area contributed by atoms with Gasteiger partial charge in [-0.05, 0) is 17.7 Å². The van der Waals surface area contributed by atoms with Crippen LogP contribution in [0.2, 0.25) is 0 Å². The van der Waals surface area contributed by atoms with Gasteiger partial charge in [0.05, 0.1) is 0 Å². The molecule has 0 atom stereocenters. The molecule has 0 aliphatic carbocycles. The molecule has 0 aliphatic rings. The van der Waals surface area contributed by atoms with Crippen molar-refractivity contribution in [3.05, 3.63) is 71.7 Å². The van der Waals surface area contributed by atoms with Crippen LogP contribution < -0.4 is 0 Å². The highest BCUT2D eigenvalue weighted by atomic mass is 19.3. The van der Waals surface area contributed by atoms with Crippen molar-refractivity contribution < 1.29 is 13.6 Å². The zero-order valence-corrected chi connectivity index (χ0v) is 11.7. The summed E-state index contributed by atoms with van der Waals surface area (Å²) >= 11 is 0. The lowest BCUT2D eigenvalue weighted by atomic mass is 10.0. The molecule has 0 saturated carbocycles. The fourth-order valence-electron chi connectivity index (χ4n) is 2.42. The number of fused-ring (bicyclic) bond motifs is 1. The van der Waals surface area contributed by atoms with Crippen LogP contribution in [-0.4, -0.2) is 15.2 Å². The Balaban J connectivity index is 1.71. The van der Waals surface area contributed by atoms with Crippen molar-refractivity contribution >= 4 is 11.4 Å². The molecule has 1 aromatic carbocycles. The van der Waals surface area contributed by atoms with Crippen LogP contribution in [0, 0.1) is 0 Å². The summed E-state index contributed by atoms with van der Waals surface area (Å²) in [6.45, 7) is 0. The number of aromatic nitrogens is 2. The van der Waals surface area contributed by atoms with E-state index >= 15 is 0 Å². The Kier molecular flexibility index (Phi) is 3.96. The van der Waals surface area contributed by atoms with Gasteiger partial charge >= 0.3 is 0 Å². The van der Waals surface area contributed by atoms with Crippen LogP contribution in [0.5, 0.6) is 0 Å². The SMILES string of the molecule is O=C(Cc1ccc(C(F)F)cc1)Cc1cccc2nccn12. The van der Waals surface area contributed by atoms with Gasteiger partial charge < -0.3 is 4.40 Å². The number of hydrogen-bond acceptors (Lipinski definition) is 2. The molecular formula is C17H14F2N2O. The molecule has 2 heterocycles. The Hall–Kier alpha value is -2.56. The molecule has 3 aromatic rings. The van der Waals surface area contributed by atoms with Gasteiger partial charge in [-0.2, -0.15) is 0 Å². The second kappa shape index (κ2) is 6.05. The fraction of sp³-hybridized carbons (Fsp3) is 0.176. The van der Waals surface area contributed by atoms with Crippen LogP contribution in [0.25, 0.3) is 5.65 Å². The maximum absolute atomic E-state index is 12.5. The zero-order chi connectivity index (χ0) is 15.5. The number of imidazole rings is 1. The first kappa shape index (κ1) is 14.4. The number of rotatable bonds is 5. The number of halogens is 2. The van der Waals surface area contributed by atoms with Gasteiger partial charge in [-0.15, -0.1) is 0 Å². The third-order valence-electron chi connectivity index (χ3n) is 3.52. The third kappa shape index (κ3) is 3.03. The quantitative estimate of drug-likeness (QED) is 0.721. The van der Waals surface area contributed by atoms with Crippen LogP contribution in [0.15, 0.2) is 54.9 Å². The monoisotopic (exact) mass is 300 g/mol. The zero-order valence-electron chi connectivity index (χ0n) is 11.7. The van der Waals surface area contributed by atoms with Gasteiger partial charge in [-0.25, -0.2) is 13.8 Å². The van der Waals surface area contributed by atoms with Crippen molar-refractivity contribution in [1.82, 2.24) is 9.38 Å². The number of ketones is 1. The average Bonchev–Trinajstić information content (AvgIpc) is 2.97. The summed E-state index contributed by atoms with van der Waals surface area (Å²) in [5.74, 6) is 0.0333. The second-order valence-electron chi connectivity index (χ2n) is 5.11. The number of pyridine rings is 1. The smallest absolute Gasteiger partial charge is 0.263 e. The lowest BCUT2D eigenvalue weighted by molar-refractivity contribution is -0.117. The Morgan fingerprint density at radius 3 is 2.59 bits per heavy atom. The average molecular weight is 300 g/mol. The molecular weight excluding hydrogens is 286 g/mol. The lowest BCUT2D eigenvalue weighted by Gasteiger charge is -2.06. The predicted octanol–water partition coefficient (Wildman–Crippen LogP) is 3.63. The van der Waals surface area contributed by atoms with Gasteiger partial charge in [0.15, 0.2) is 0 Å². The van der Waals surface area contributed by atoms with E-state index in [-0.39, 0.29) is 24.2 Å². The van der Waals surface area contributed by atoms with Crippen LogP contribution in [0.4, 0.5) is 8.78 Å². The molecule has 0 fully saturated rings. The minimum atomic E-state index is -2.48. The molecule has 2 aromatic heterocycles. The number of Topliss-reactive ketones (excluding diaryl/α,β-unsaturated/α-hetero) is 1. The molecule has 3 rings (SSSR count). The summed E-state index contributed by atoms with van der Waals surface area (Å²) in [5.41, 5.74) is 2.38. The molecule has 0 unspecified atom stereocenters. The van der Waals surface area contributed by atoms with E-state index in [4.69, 9.17) is 0 Å². The van der Waals surface area contributed by atoms with E-state index in [1.165, 1.54) is 12.1 Å². The highest BCUT2D eigenvalue weighted by Crippen LogP contribution is 2.19. The summed E-state index contributed by atoms with van der Waals surface area (Å²) in [6, 6.07) is 11.5. The molecule has 5 heteroatoms. The van der Waals surface area contributed by atoms with Gasteiger partial charge in [-0.1, -0.05) is 30.3 Å². The summed E-state index contributed by atoms with van der Waals surface area (Å²) in [6.07, 6.45) is 1.53. The summed E-state index contributed by atoms with van der Waals surface area (Å²) in [5, 5.41) is 0. The number of carbonyl (C=O) groups is 1. The van der Waals surface area contributed by atoms with Crippen LogP contribution in [0.3, 0.4) is 0 Å². The van der Waals surface area contributed by atoms with E-state index in [0.717, 1.165) is 16.9 Å². The Bertz CT molecular complexity index is 794. The maximum atomic E-state index is 12.5. The number of carbonyl (C=O) groups excluding carboxylic acids is 1. The Labute approximate surface area is 126 Å². The molecule has 0 N–H and O–H groups in total. The summed E-state index contributed by atoms with van der Waals surface area (Å²) in [4.78, 5) is 16.4. The predicted molar refractivity (Wildman–Crippen MR) is 79.0 cm³/mol. The number of benzene rings is 1. The van der Waals surface area contributed by atoms with E-state index in [1.54, 1.807) is 18.3 Å². The third-order valence-corrected chi connectivity index (χ3v) is 3.52. The number of hydrogen-bond donors (Lipinski definition) is 0. The van der Waals surface area contributed by atoms with E-state index < -0.39 is 6.43 Å². The van der Waals surface area contributed by atoms with Crippen LogP contribution in [0.1, 0.15) is 23.2 Å². The van der Waals surface area contributed by atoms with Gasteiger partial charge in [-0.3, -0.25) is 4.79 Å². The first-order chi connectivity index (χ1) is 10.6. The molecule has 0 bridgehead atoms. The Morgan fingerprint density at radius 1 is 1.09 bits per heavy atom. The first-order valence-electron chi connectivity index (χ1n) is 6.93. The van der Waals surface area contributed by atoms with Gasteiger partial charge in [0.1, 0.15) is 11.4 Å². The van der Waals surface area contributed by atoms with E-state index in [0.29, 0.717) is 0 Å². The Morgan fingerprint density at radius 2 is 1.86 bits per heavy atom. The van der Waals surface area contributed by atoms with Crippen LogP contribution >= 0.6 is 0 Å². The highest BCUT2D eigenvalue weighted by molar-refractivity contribution is 5.83. The van der Waals surface area contributed by atoms with Crippen molar-refractivity contribution in [2.24, 2.45) is 0 Å². The number of alkyl halides is 2. The van der Waals surface area contributed by atoms with Gasteiger partial charge in [0.2, 0.25) is 0 Å². The summed E-state index contributed by atoms with van der Waals surface area (Å²) < 4.78 is 26.9. The molecule has 0 saturated heterocycles. The molecule has 112 valence electrons. The van der Waals surface area contributed by atoms with Crippen molar-refractivity contribution in [2.75, 3.05) is 0 Å².